The zero-order valence-corrected chi connectivity index (χ0v) is 17.4. The van der Waals surface area contributed by atoms with Crippen molar-refractivity contribution in [2.75, 3.05) is 5.32 Å². The van der Waals surface area contributed by atoms with Crippen LogP contribution in [0.15, 0.2) is 53.4 Å². The van der Waals surface area contributed by atoms with Crippen LogP contribution in [0.5, 0.6) is 0 Å². The van der Waals surface area contributed by atoms with Crippen LogP contribution in [0.4, 0.5) is 5.69 Å². The molecule has 7 heteroatoms. The lowest BCUT2D eigenvalue weighted by atomic mass is 10.1. The molecule has 3 rings (SSSR count). The zero-order chi connectivity index (χ0) is 20.9. The first-order valence-corrected chi connectivity index (χ1v) is 11.6. The smallest absolute Gasteiger partial charge is 0.335 e. The van der Waals surface area contributed by atoms with Crippen LogP contribution >= 0.6 is 0 Å². The second-order valence-corrected chi connectivity index (χ2v) is 9.28. The molecule has 0 bridgehead atoms. The molecule has 0 unspecified atom stereocenters. The number of sulfonamides is 1. The Hall–Kier alpha value is -2.38. The summed E-state index contributed by atoms with van der Waals surface area (Å²) < 4.78 is 29.2. The molecule has 0 aromatic heterocycles. The van der Waals surface area contributed by atoms with Crippen LogP contribution in [-0.4, -0.2) is 25.5 Å². The van der Waals surface area contributed by atoms with E-state index in [9.17, 15) is 18.3 Å². The van der Waals surface area contributed by atoms with Crippen molar-refractivity contribution in [3.8, 4) is 0 Å². The fourth-order valence-electron chi connectivity index (χ4n) is 3.74. The third-order valence-electron chi connectivity index (χ3n) is 5.37. The van der Waals surface area contributed by atoms with Crippen LogP contribution in [0, 0.1) is 0 Å². The van der Waals surface area contributed by atoms with Gasteiger partial charge in [0.05, 0.1) is 11.3 Å². The summed E-state index contributed by atoms with van der Waals surface area (Å²) in [7, 11) is -3.87. The Morgan fingerprint density at radius 1 is 1.03 bits per heavy atom. The van der Waals surface area contributed by atoms with E-state index in [1.54, 1.807) is 0 Å². The van der Waals surface area contributed by atoms with Crippen LogP contribution in [0.3, 0.4) is 0 Å². The molecular weight excluding hydrogens is 388 g/mol. The fourth-order valence-corrected chi connectivity index (χ4v) is 5.24. The first-order valence-electron chi connectivity index (χ1n) is 10.1. The maximum Gasteiger partial charge on any atom is 0.335 e. The Kier molecular flexibility index (Phi) is 6.92. The van der Waals surface area contributed by atoms with Gasteiger partial charge in [-0.1, -0.05) is 56.0 Å². The minimum Gasteiger partial charge on any atom is -0.478 e. The summed E-state index contributed by atoms with van der Waals surface area (Å²) in [5.74, 6) is -1.15. The number of carbonyl (C=O) groups is 1. The highest BCUT2D eigenvalue weighted by Gasteiger charge is 2.25. The molecule has 2 aromatic carbocycles. The standard InChI is InChI=1S/C22H28N2O4S/c1-16(17-9-5-4-6-10-17)23-20-14-13-18(22(25)26)15-21(20)29(27,28)24-19-11-7-2-3-8-12-19/h4-6,9-10,13-16,19,23-24H,2-3,7-8,11-12H2,1H3,(H,25,26)/t16-/m1/s1. The van der Waals surface area contributed by atoms with E-state index in [1.165, 1.54) is 18.2 Å². The molecule has 1 saturated carbocycles. The van der Waals surface area contributed by atoms with E-state index in [0.717, 1.165) is 44.1 Å². The van der Waals surface area contributed by atoms with Gasteiger partial charge in [0.2, 0.25) is 10.0 Å². The number of rotatable bonds is 7. The summed E-state index contributed by atoms with van der Waals surface area (Å²) >= 11 is 0. The number of hydrogen-bond acceptors (Lipinski definition) is 4. The van der Waals surface area contributed by atoms with E-state index in [1.807, 2.05) is 37.3 Å². The van der Waals surface area contributed by atoms with Gasteiger partial charge in [0, 0.05) is 12.1 Å². The molecular formula is C22H28N2O4S. The van der Waals surface area contributed by atoms with Crippen LogP contribution in [0.1, 0.15) is 67.4 Å². The van der Waals surface area contributed by atoms with Gasteiger partial charge in [0.25, 0.3) is 0 Å². The van der Waals surface area contributed by atoms with Crippen molar-refractivity contribution in [3.63, 3.8) is 0 Å². The van der Waals surface area contributed by atoms with E-state index < -0.39 is 16.0 Å². The van der Waals surface area contributed by atoms with Gasteiger partial charge in [-0.05, 0) is 43.5 Å². The van der Waals surface area contributed by atoms with Crippen molar-refractivity contribution in [2.24, 2.45) is 0 Å². The number of benzene rings is 2. The van der Waals surface area contributed by atoms with Gasteiger partial charge in [-0.15, -0.1) is 0 Å². The molecule has 0 heterocycles. The molecule has 1 atom stereocenters. The summed E-state index contributed by atoms with van der Waals surface area (Å²) in [6.45, 7) is 1.94. The summed E-state index contributed by atoms with van der Waals surface area (Å²) in [6.07, 6.45) is 5.85. The first-order chi connectivity index (χ1) is 13.9. The molecule has 0 spiro atoms. The molecule has 1 aliphatic carbocycles. The predicted molar refractivity (Wildman–Crippen MR) is 114 cm³/mol. The fraction of sp³-hybridized carbons (Fsp3) is 0.409. The van der Waals surface area contributed by atoms with E-state index in [2.05, 4.69) is 10.0 Å². The number of nitrogens with one attached hydrogen (secondary N) is 2. The van der Waals surface area contributed by atoms with Gasteiger partial charge in [-0.3, -0.25) is 0 Å². The highest BCUT2D eigenvalue weighted by atomic mass is 32.2. The zero-order valence-electron chi connectivity index (χ0n) is 16.6. The Bertz CT molecular complexity index is 937. The Labute approximate surface area is 172 Å². The Balaban J connectivity index is 1.91. The van der Waals surface area contributed by atoms with E-state index in [-0.39, 0.29) is 22.5 Å². The highest BCUT2D eigenvalue weighted by Crippen LogP contribution is 2.28. The maximum absolute atomic E-state index is 13.2. The molecule has 6 nitrogen and oxygen atoms in total. The summed E-state index contributed by atoms with van der Waals surface area (Å²) in [4.78, 5) is 11.4. The van der Waals surface area contributed by atoms with Crippen molar-refractivity contribution in [2.45, 2.75) is 62.4 Å². The predicted octanol–water partition coefficient (Wildman–Crippen LogP) is 4.56. The number of hydrogen-bond donors (Lipinski definition) is 3. The minimum atomic E-state index is -3.87. The van der Waals surface area contributed by atoms with Crippen LogP contribution < -0.4 is 10.0 Å². The molecule has 29 heavy (non-hydrogen) atoms. The summed E-state index contributed by atoms with van der Waals surface area (Å²) in [5.41, 5.74) is 1.35. The van der Waals surface area contributed by atoms with Gasteiger partial charge in [-0.25, -0.2) is 17.9 Å². The normalized spacial score (nSPS) is 16.7. The lowest BCUT2D eigenvalue weighted by Gasteiger charge is -2.21. The minimum absolute atomic E-state index is 0.0237. The quantitative estimate of drug-likeness (QED) is 0.575. The second kappa shape index (κ2) is 9.41. The van der Waals surface area contributed by atoms with Gasteiger partial charge in [0.1, 0.15) is 4.90 Å². The van der Waals surface area contributed by atoms with Crippen LogP contribution in [0.25, 0.3) is 0 Å². The average molecular weight is 417 g/mol. The monoisotopic (exact) mass is 416 g/mol. The molecule has 0 saturated heterocycles. The topological polar surface area (TPSA) is 95.5 Å². The van der Waals surface area contributed by atoms with Crippen molar-refractivity contribution < 1.29 is 18.3 Å². The lowest BCUT2D eigenvalue weighted by Crippen LogP contribution is -2.35. The van der Waals surface area contributed by atoms with Crippen molar-refractivity contribution >= 4 is 21.7 Å². The highest BCUT2D eigenvalue weighted by molar-refractivity contribution is 7.89. The molecule has 2 aromatic rings. The molecule has 156 valence electrons. The number of carboxylic acids is 1. The van der Waals surface area contributed by atoms with E-state index in [0.29, 0.717) is 5.69 Å². The Morgan fingerprint density at radius 3 is 2.31 bits per heavy atom. The van der Waals surface area contributed by atoms with Gasteiger partial charge in [0.15, 0.2) is 0 Å². The molecule has 0 amide bonds. The molecule has 3 N–H and O–H groups in total. The SMILES string of the molecule is C[C@@H](Nc1ccc(C(=O)O)cc1S(=O)(=O)NC1CCCCCC1)c1ccccc1. The van der Waals surface area contributed by atoms with Crippen molar-refractivity contribution in [1.82, 2.24) is 4.72 Å². The average Bonchev–Trinajstić information content (AvgIpc) is 2.96. The number of anilines is 1. The third kappa shape index (κ3) is 5.58. The number of aromatic carboxylic acids is 1. The Morgan fingerprint density at radius 2 is 1.69 bits per heavy atom. The van der Waals surface area contributed by atoms with Crippen molar-refractivity contribution in [3.05, 3.63) is 59.7 Å². The molecule has 1 aliphatic rings. The van der Waals surface area contributed by atoms with E-state index >= 15 is 0 Å². The van der Waals surface area contributed by atoms with E-state index in [4.69, 9.17) is 0 Å². The van der Waals surface area contributed by atoms with Crippen LogP contribution in [0.2, 0.25) is 0 Å². The third-order valence-corrected chi connectivity index (χ3v) is 6.93. The van der Waals surface area contributed by atoms with Crippen LogP contribution in [-0.2, 0) is 10.0 Å². The van der Waals surface area contributed by atoms with Gasteiger partial charge in [-0.2, -0.15) is 0 Å². The first kappa shape index (κ1) is 21.3. The molecule has 0 radical (unpaired) electrons. The number of carboxylic acid groups (broad SMARTS) is 1. The van der Waals surface area contributed by atoms with Gasteiger partial charge < -0.3 is 10.4 Å². The van der Waals surface area contributed by atoms with Gasteiger partial charge >= 0.3 is 5.97 Å². The lowest BCUT2D eigenvalue weighted by molar-refractivity contribution is 0.0696. The maximum atomic E-state index is 13.2. The second-order valence-electron chi connectivity index (χ2n) is 7.60. The largest absolute Gasteiger partial charge is 0.478 e. The molecule has 0 aliphatic heterocycles. The van der Waals surface area contributed by atoms with Crippen molar-refractivity contribution in [1.29, 1.82) is 0 Å². The summed E-state index contributed by atoms with van der Waals surface area (Å²) in [6, 6.07) is 13.6. The summed E-state index contributed by atoms with van der Waals surface area (Å²) in [5, 5.41) is 12.6. The molecule has 1 fully saturated rings.